The molecule has 1 aliphatic rings. The molecule has 0 aliphatic carbocycles. The number of hydrogen-bond donors (Lipinski definition) is 1. The second-order valence-electron chi connectivity index (χ2n) is 5.26. The molecule has 1 aromatic rings. The molecule has 7 nitrogen and oxygen atoms in total. The Hall–Kier alpha value is -1.47. The average Bonchev–Trinajstić information content (AvgIpc) is 2.95. The van der Waals surface area contributed by atoms with Crippen molar-refractivity contribution in [1.82, 2.24) is 20.3 Å². The largest absolute Gasteiger partial charge is 0.464 e. The van der Waals surface area contributed by atoms with Crippen LogP contribution in [0.4, 0.5) is 0 Å². The van der Waals surface area contributed by atoms with Gasteiger partial charge in [0.2, 0.25) is 0 Å². The Morgan fingerprint density at radius 2 is 2.10 bits per heavy atom. The molecule has 118 valence electrons. The standard InChI is InChI=1S/C14H24N4O3/c1-20-10-4-3-9-18-13(11-5-7-15-8-6-11)12(16-17-18)14(19)21-2/h11,15H,3-10H2,1-2H3. The summed E-state index contributed by atoms with van der Waals surface area (Å²) in [5.74, 6) is -0.0792. The van der Waals surface area contributed by atoms with Crippen LogP contribution in [0.2, 0.25) is 0 Å². The van der Waals surface area contributed by atoms with Crippen LogP contribution in [0.25, 0.3) is 0 Å². The summed E-state index contributed by atoms with van der Waals surface area (Å²) in [6.07, 6.45) is 3.91. The third-order valence-corrected chi connectivity index (χ3v) is 3.85. The van der Waals surface area contributed by atoms with E-state index < -0.39 is 5.97 Å². The summed E-state index contributed by atoms with van der Waals surface area (Å²) in [7, 11) is 3.08. The highest BCUT2D eigenvalue weighted by Crippen LogP contribution is 2.27. The first-order chi connectivity index (χ1) is 10.3. The minimum absolute atomic E-state index is 0.317. The minimum Gasteiger partial charge on any atom is -0.464 e. The number of unbranched alkanes of at least 4 members (excludes halogenated alkanes) is 1. The lowest BCUT2D eigenvalue weighted by Gasteiger charge is -2.23. The topological polar surface area (TPSA) is 78.3 Å². The van der Waals surface area contributed by atoms with Gasteiger partial charge >= 0.3 is 5.97 Å². The average molecular weight is 296 g/mol. The maximum absolute atomic E-state index is 11.9. The van der Waals surface area contributed by atoms with Crippen molar-refractivity contribution in [3.63, 3.8) is 0 Å². The fraction of sp³-hybridized carbons (Fsp3) is 0.786. The van der Waals surface area contributed by atoms with Gasteiger partial charge in [0.05, 0.1) is 12.8 Å². The SMILES string of the molecule is COCCCCn1nnc(C(=O)OC)c1C1CCNCC1. The lowest BCUT2D eigenvalue weighted by atomic mass is 9.93. The fourth-order valence-corrected chi connectivity index (χ4v) is 2.74. The van der Waals surface area contributed by atoms with Gasteiger partial charge in [-0.1, -0.05) is 5.21 Å². The van der Waals surface area contributed by atoms with E-state index in [1.54, 1.807) is 7.11 Å². The molecule has 0 bridgehead atoms. The molecule has 0 radical (unpaired) electrons. The zero-order chi connectivity index (χ0) is 15.1. The third kappa shape index (κ3) is 4.01. The van der Waals surface area contributed by atoms with Gasteiger partial charge in [-0.3, -0.25) is 0 Å². The summed E-state index contributed by atoms with van der Waals surface area (Å²) in [4.78, 5) is 11.9. The van der Waals surface area contributed by atoms with Crippen LogP contribution in [-0.4, -0.2) is 54.9 Å². The molecule has 1 N–H and O–H groups in total. The fourth-order valence-electron chi connectivity index (χ4n) is 2.74. The van der Waals surface area contributed by atoms with E-state index in [0.29, 0.717) is 11.6 Å². The number of carbonyl (C=O) groups is 1. The number of hydrogen-bond acceptors (Lipinski definition) is 6. The summed E-state index contributed by atoms with van der Waals surface area (Å²) in [5, 5.41) is 11.5. The Morgan fingerprint density at radius 1 is 1.33 bits per heavy atom. The molecule has 7 heteroatoms. The predicted octanol–water partition coefficient (Wildman–Crippen LogP) is 0.958. The zero-order valence-corrected chi connectivity index (χ0v) is 12.8. The van der Waals surface area contributed by atoms with Crippen molar-refractivity contribution < 1.29 is 14.3 Å². The van der Waals surface area contributed by atoms with Crippen molar-refractivity contribution in [1.29, 1.82) is 0 Å². The highest BCUT2D eigenvalue weighted by molar-refractivity contribution is 5.88. The van der Waals surface area contributed by atoms with E-state index in [1.165, 1.54) is 7.11 Å². The van der Waals surface area contributed by atoms with Gasteiger partial charge in [0.25, 0.3) is 0 Å². The summed E-state index contributed by atoms with van der Waals surface area (Å²) in [6.45, 7) is 3.41. The van der Waals surface area contributed by atoms with Crippen LogP contribution in [-0.2, 0) is 16.0 Å². The van der Waals surface area contributed by atoms with Gasteiger partial charge in [-0.25, -0.2) is 9.48 Å². The maximum Gasteiger partial charge on any atom is 0.360 e. The summed E-state index contributed by atoms with van der Waals surface area (Å²) >= 11 is 0. The van der Waals surface area contributed by atoms with E-state index in [2.05, 4.69) is 15.6 Å². The van der Waals surface area contributed by atoms with Crippen molar-refractivity contribution in [3.05, 3.63) is 11.4 Å². The number of esters is 1. The van der Waals surface area contributed by atoms with Gasteiger partial charge in [0.15, 0.2) is 5.69 Å². The zero-order valence-electron chi connectivity index (χ0n) is 12.8. The molecule has 21 heavy (non-hydrogen) atoms. The number of nitrogens with zero attached hydrogens (tertiary/aromatic N) is 3. The molecule has 0 saturated carbocycles. The monoisotopic (exact) mass is 296 g/mol. The molecular weight excluding hydrogens is 272 g/mol. The van der Waals surface area contributed by atoms with E-state index in [1.807, 2.05) is 4.68 Å². The summed E-state index contributed by atoms with van der Waals surface area (Å²) in [6, 6.07) is 0. The van der Waals surface area contributed by atoms with Gasteiger partial charge in [-0.2, -0.15) is 0 Å². The normalized spacial score (nSPS) is 16.1. The number of ether oxygens (including phenoxy) is 2. The highest BCUT2D eigenvalue weighted by Gasteiger charge is 2.28. The quantitative estimate of drug-likeness (QED) is 0.596. The van der Waals surface area contributed by atoms with Gasteiger partial charge in [0.1, 0.15) is 0 Å². The van der Waals surface area contributed by atoms with Crippen LogP contribution in [0.1, 0.15) is 47.8 Å². The van der Waals surface area contributed by atoms with Crippen molar-refractivity contribution >= 4 is 5.97 Å². The summed E-state index contributed by atoms with van der Waals surface area (Å²) < 4.78 is 11.8. The molecule has 0 unspecified atom stereocenters. The number of nitrogens with one attached hydrogen (secondary N) is 1. The molecule has 0 aromatic carbocycles. The Morgan fingerprint density at radius 3 is 2.76 bits per heavy atom. The van der Waals surface area contributed by atoms with Crippen LogP contribution < -0.4 is 5.32 Å². The molecule has 0 spiro atoms. The van der Waals surface area contributed by atoms with Gasteiger partial charge in [-0.15, -0.1) is 5.10 Å². The van der Waals surface area contributed by atoms with E-state index in [4.69, 9.17) is 9.47 Å². The van der Waals surface area contributed by atoms with Gasteiger partial charge in [-0.05, 0) is 38.8 Å². The van der Waals surface area contributed by atoms with Crippen molar-refractivity contribution in [2.24, 2.45) is 0 Å². The maximum atomic E-state index is 11.9. The molecule has 0 atom stereocenters. The smallest absolute Gasteiger partial charge is 0.360 e. The van der Waals surface area contributed by atoms with Gasteiger partial charge in [0, 0.05) is 26.2 Å². The van der Waals surface area contributed by atoms with Crippen LogP contribution in [0, 0.1) is 0 Å². The Kier molecular flexibility index (Phi) is 6.13. The number of piperidine rings is 1. The molecule has 2 rings (SSSR count). The van der Waals surface area contributed by atoms with E-state index in [9.17, 15) is 4.79 Å². The molecule has 1 fully saturated rings. The second-order valence-corrected chi connectivity index (χ2v) is 5.26. The number of rotatable bonds is 7. The molecule has 2 heterocycles. The third-order valence-electron chi connectivity index (χ3n) is 3.85. The Labute approximate surface area is 125 Å². The molecule has 0 amide bonds. The van der Waals surface area contributed by atoms with E-state index in [-0.39, 0.29) is 0 Å². The second kappa shape index (κ2) is 8.09. The number of aryl methyl sites for hydroxylation is 1. The first kappa shape index (κ1) is 15.9. The van der Waals surface area contributed by atoms with E-state index >= 15 is 0 Å². The summed E-state index contributed by atoms with van der Waals surface area (Å²) in [5.41, 5.74) is 1.30. The first-order valence-electron chi connectivity index (χ1n) is 7.49. The Bertz CT molecular complexity index is 455. The lowest BCUT2D eigenvalue weighted by Crippen LogP contribution is -2.29. The van der Waals surface area contributed by atoms with Crippen molar-refractivity contribution in [3.8, 4) is 0 Å². The number of methoxy groups -OCH3 is 2. The first-order valence-corrected chi connectivity index (χ1v) is 7.49. The number of carbonyl (C=O) groups excluding carboxylic acids is 1. The lowest BCUT2D eigenvalue weighted by molar-refractivity contribution is 0.0591. The predicted molar refractivity (Wildman–Crippen MR) is 77.3 cm³/mol. The van der Waals surface area contributed by atoms with Crippen molar-refractivity contribution in [2.75, 3.05) is 33.9 Å². The van der Waals surface area contributed by atoms with E-state index in [0.717, 1.165) is 57.6 Å². The molecule has 1 aromatic heterocycles. The van der Waals surface area contributed by atoms with Crippen molar-refractivity contribution in [2.45, 2.75) is 38.1 Å². The molecule has 1 aliphatic heterocycles. The minimum atomic E-state index is -0.397. The molecular formula is C14H24N4O3. The van der Waals surface area contributed by atoms with Gasteiger partial charge < -0.3 is 14.8 Å². The van der Waals surface area contributed by atoms with Crippen LogP contribution in [0.3, 0.4) is 0 Å². The van der Waals surface area contributed by atoms with Crippen LogP contribution >= 0.6 is 0 Å². The number of aromatic nitrogens is 3. The molecule has 1 saturated heterocycles. The van der Waals surface area contributed by atoms with Crippen LogP contribution in [0.5, 0.6) is 0 Å². The van der Waals surface area contributed by atoms with Crippen LogP contribution in [0.15, 0.2) is 0 Å². The Balaban J connectivity index is 2.14. The highest BCUT2D eigenvalue weighted by atomic mass is 16.5.